The van der Waals surface area contributed by atoms with E-state index >= 15 is 0 Å². The van der Waals surface area contributed by atoms with Crippen molar-refractivity contribution in [1.82, 2.24) is 4.90 Å². The van der Waals surface area contributed by atoms with Crippen molar-refractivity contribution in [2.75, 3.05) is 0 Å². The fourth-order valence-electron chi connectivity index (χ4n) is 3.40. The summed E-state index contributed by atoms with van der Waals surface area (Å²) >= 11 is 0. The highest BCUT2D eigenvalue weighted by molar-refractivity contribution is 5.27. The maximum atomic E-state index is 9.76. The molecule has 2 N–H and O–H groups in total. The van der Waals surface area contributed by atoms with Crippen molar-refractivity contribution < 1.29 is 14.6 Å². The summed E-state index contributed by atoms with van der Waals surface area (Å²) in [6.07, 6.45) is 3.57. The number of furan rings is 1. The fourth-order valence-corrected chi connectivity index (χ4v) is 3.40. The quantitative estimate of drug-likeness (QED) is 0.885. The highest BCUT2D eigenvalue weighted by atomic mass is 16.3. The molecule has 4 heteroatoms. The van der Waals surface area contributed by atoms with Crippen LogP contribution in [0.4, 0.5) is 0 Å². The molecule has 23 heavy (non-hydrogen) atoms. The zero-order valence-electron chi connectivity index (χ0n) is 13.6. The first-order valence-electron chi connectivity index (χ1n) is 8.35. The lowest BCUT2D eigenvalue weighted by atomic mass is 9.91. The molecule has 1 aliphatic rings. The average molecular weight is 315 g/mol. The topological polar surface area (TPSA) is 56.8 Å². The van der Waals surface area contributed by atoms with E-state index in [0.29, 0.717) is 11.8 Å². The third-order valence-corrected chi connectivity index (χ3v) is 4.63. The second-order valence-electron chi connectivity index (χ2n) is 6.55. The maximum Gasteiger partial charge on any atom is 0.118 e. The summed E-state index contributed by atoms with van der Waals surface area (Å²) in [4.78, 5) is 2.40. The third-order valence-electron chi connectivity index (χ3n) is 4.63. The molecule has 0 amide bonds. The minimum Gasteiger partial charge on any atom is -0.508 e. The number of aromatic hydroxyl groups is 1. The van der Waals surface area contributed by atoms with Crippen LogP contribution in [0.25, 0.3) is 0 Å². The molecule has 1 aromatic heterocycles. The van der Waals surface area contributed by atoms with Gasteiger partial charge in [0.05, 0.1) is 12.6 Å². The lowest BCUT2D eigenvalue weighted by molar-refractivity contribution is 0.0632. The summed E-state index contributed by atoms with van der Waals surface area (Å²) in [5, 5.41) is 19.5. The highest BCUT2D eigenvalue weighted by Crippen LogP contribution is 2.27. The standard InChI is InChI=1S/C19H25NO3/c1-14-5-10-19(23-14)13-20(16-6-8-17(21)9-7-16)12-15-3-2-4-18(22)11-15/h2-5,10-11,16-17,21-22H,6-9,12-13H2,1H3. The van der Waals surface area contributed by atoms with Gasteiger partial charge in [0.25, 0.3) is 0 Å². The Morgan fingerprint density at radius 3 is 2.52 bits per heavy atom. The number of rotatable bonds is 5. The molecule has 1 fully saturated rings. The van der Waals surface area contributed by atoms with Crippen LogP contribution in [0.15, 0.2) is 40.8 Å². The molecule has 0 radical (unpaired) electrons. The summed E-state index contributed by atoms with van der Waals surface area (Å²) in [6, 6.07) is 11.9. The predicted octanol–water partition coefficient (Wildman–Crippen LogP) is 3.60. The number of aryl methyl sites for hydroxylation is 1. The molecule has 0 spiro atoms. The van der Waals surface area contributed by atoms with E-state index in [4.69, 9.17) is 4.42 Å². The molecular weight excluding hydrogens is 290 g/mol. The number of benzene rings is 1. The van der Waals surface area contributed by atoms with Crippen LogP contribution >= 0.6 is 0 Å². The number of phenols is 1. The van der Waals surface area contributed by atoms with Crippen LogP contribution in [0, 0.1) is 6.92 Å². The van der Waals surface area contributed by atoms with Gasteiger partial charge in [-0.2, -0.15) is 0 Å². The number of aliphatic hydroxyl groups excluding tert-OH is 1. The first-order valence-corrected chi connectivity index (χ1v) is 8.35. The van der Waals surface area contributed by atoms with Crippen LogP contribution in [-0.2, 0) is 13.1 Å². The van der Waals surface area contributed by atoms with E-state index in [1.807, 2.05) is 37.3 Å². The van der Waals surface area contributed by atoms with Gasteiger partial charge in [0.15, 0.2) is 0 Å². The molecule has 0 atom stereocenters. The van der Waals surface area contributed by atoms with Gasteiger partial charge in [-0.25, -0.2) is 0 Å². The van der Waals surface area contributed by atoms with Crippen molar-refractivity contribution in [2.45, 2.75) is 57.8 Å². The minimum atomic E-state index is -0.153. The monoisotopic (exact) mass is 315 g/mol. The van der Waals surface area contributed by atoms with Gasteiger partial charge >= 0.3 is 0 Å². The average Bonchev–Trinajstić information content (AvgIpc) is 2.93. The van der Waals surface area contributed by atoms with Crippen molar-refractivity contribution in [1.29, 1.82) is 0 Å². The summed E-state index contributed by atoms with van der Waals surface area (Å²) < 4.78 is 5.75. The van der Waals surface area contributed by atoms with E-state index in [-0.39, 0.29) is 6.10 Å². The summed E-state index contributed by atoms with van der Waals surface area (Å²) in [7, 11) is 0. The van der Waals surface area contributed by atoms with Gasteiger partial charge in [-0.05, 0) is 62.4 Å². The zero-order valence-corrected chi connectivity index (χ0v) is 13.6. The number of aliphatic hydroxyl groups is 1. The molecule has 4 nitrogen and oxygen atoms in total. The van der Waals surface area contributed by atoms with Gasteiger partial charge in [-0.1, -0.05) is 12.1 Å². The van der Waals surface area contributed by atoms with Crippen LogP contribution in [-0.4, -0.2) is 27.3 Å². The Balaban J connectivity index is 1.74. The van der Waals surface area contributed by atoms with Crippen LogP contribution in [0.5, 0.6) is 5.75 Å². The SMILES string of the molecule is Cc1ccc(CN(Cc2cccc(O)c2)C2CCC(O)CC2)o1. The molecule has 1 heterocycles. The summed E-state index contributed by atoms with van der Waals surface area (Å²) in [5.74, 6) is 2.19. The Morgan fingerprint density at radius 1 is 1.09 bits per heavy atom. The molecule has 1 aromatic carbocycles. The van der Waals surface area contributed by atoms with Crippen molar-refractivity contribution >= 4 is 0 Å². The molecule has 1 aliphatic carbocycles. The predicted molar refractivity (Wildman–Crippen MR) is 89.1 cm³/mol. The van der Waals surface area contributed by atoms with Crippen molar-refractivity contribution in [3.63, 3.8) is 0 Å². The van der Waals surface area contributed by atoms with E-state index < -0.39 is 0 Å². The molecule has 124 valence electrons. The number of phenolic OH excluding ortho intramolecular Hbond substituents is 1. The van der Waals surface area contributed by atoms with Crippen LogP contribution in [0.3, 0.4) is 0 Å². The van der Waals surface area contributed by atoms with Crippen LogP contribution in [0.1, 0.15) is 42.8 Å². The minimum absolute atomic E-state index is 0.153. The fraction of sp³-hybridized carbons (Fsp3) is 0.474. The lowest BCUT2D eigenvalue weighted by Gasteiger charge is -2.35. The van der Waals surface area contributed by atoms with Gasteiger partial charge in [-0.3, -0.25) is 4.90 Å². The Morgan fingerprint density at radius 2 is 1.87 bits per heavy atom. The molecule has 0 saturated heterocycles. The highest BCUT2D eigenvalue weighted by Gasteiger charge is 2.25. The van der Waals surface area contributed by atoms with Crippen LogP contribution < -0.4 is 0 Å². The van der Waals surface area contributed by atoms with Crippen LogP contribution in [0.2, 0.25) is 0 Å². The van der Waals surface area contributed by atoms with E-state index in [1.165, 1.54) is 0 Å². The lowest BCUT2D eigenvalue weighted by Crippen LogP contribution is -2.38. The second kappa shape index (κ2) is 7.20. The molecule has 1 saturated carbocycles. The zero-order chi connectivity index (χ0) is 16.2. The van der Waals surface area contributed by atoms with Gasteiger partial charge in [0, 0.05) is 12.6 Å². The Hall–Kier alpha value is -1.78. The van der Waals surface area contributed by atoms with Gasteiger partial charge in [0.1, 0.15) is 17.3 Å². The summed E-state index contributed by atoms with van der Waals surface area (Å²) in [6.45, 7) is 3.49. The first-order chi connectivity index (χ1) is 11.1. The Kier molecular flexibility index (Phi) is 5.03. The Bertz CT molecular complexity index is 629. The third kappa shape index (κ3) is 4.36. The second-order valence-corrected chi connectivity index (χ2v) is 6.55. The number of hydrogen-bond donors (Lipinski definition) is 2. The smallest absolute Gasteiger partial charge is 0.118 e. The molecule has 2 aromatic rings. The van der Waals surface area contributed by atoms with E-state index in [9.17, 15) is 10.2 Å². The first kappa shape index (κ1) is 16.1. The maximum absolute atomic E-state index is 9.76. The van der Waals surface area contributed by atoms with Gasteiger partial charge < -0.3 is 14.6 Å². The van der Waals surface area contributed by atoms with Crippen molar-refractivity contribution in [2.24, 2.45) is 0 Å². The molecule has 0 aliphatic heterocycles. The molecule has 0 unspecified atom stereocenters. The summed E-state index contributed by atoms with van der Waals surface area (Å²) in [5.41, 5.74) is 1.10. The normalized spacial score (nSPS) is 21.7. The molecular formula is C19H25NO3. The molecule has 3 rings (SSSR count). The van der Waals surface area contributed by atoms with Crippen molar-refractivity contribution in [3.8, 4) is 5.75 Å². The number of nitrogens with zero attached hydrogens (tertiary/aromatic N) is 1. The van der Waals surface area contributed by atoms with E-state index in [0.717, 1.165) is 55.9 Å². The molecule has 0 bridgehead atoms. The van der Waals surface area contributed by atoms with E-state index in [1.54, 1.807) is 6.07 Å². The van der Waals surface area contributed by atoms with E-state index in [2.05, 4.69) is 4.90 Å². The van der Waals surface area contributed by atoms with Crippen molar-refractivity contribution in [3.05, 3.63) is 53.5 Å². The number of hydrogen-bond acceptors (Lipinski definition) is 4. The Labute approximate surface area is 137 Å². The largest absolute Gasteiger partial charge is 0.508 e. The van der Waals surface area contributed by atoms with Gasteiger partial charge in [-0.15, -0.1) is 0 Å². The van der Waals surface area contributed by atoms with Gasteiger partial charge in [0.2, 0.25) is 0 Å².